The number of nitrogens with zero attached hydrogens (tertiary/aromatic N) is 1. The summed E-state index contributed by atoms with van der Waals surface area (Å²) in [6.45, 7) is 11.3. The maximum atomic E-state index is 11.2. The van der Waals surface area contributed by atoms with Gasteiger partial charge in [-0.1, -0.05) is 13.8 Å². The number of carbonyl (C=O) groups is 1. The molecule has 0 aliphatic carbocycles. The Morgan fingerprint density at radius 3 is 2.38 bits per heavy atom. The van der Waals surface area contributed by atoms with Crippen molar-refractivity contribution in [1.82, 2.24) is 10.2 Å². The predicted molar refractivity (Wildman–Crippen MR) is 68.3 cm³/mol. The number of rotatable bonds is 9. The summed E-state index contributed by atoms with van der Waals surface area (Å²) in [5.41, 5.74) is 5.36. The molecule has 0 aromatic heterocycles. The molecule has 3 N–H and O–H groups in total. The zero-order chi connectivity index (χ0) is 12.6. The molecule has 1 atom stereocenters. The van der Waals surface area contributed by atoms with Gasteiger partial charge in [-0.05, 0) is 39.8 Å². The molecule has 0 saturated carbocycles. The van der Waals surface area contributed by atoms with Crippen LogP contribution in [0.2, 0.25) is 0 Å². The molecule has 0 bridgehead atoms. The zero-order valence-corrected chi connectivity index (χ0v) is 11.1. The Morgan fingerprint density at radius 1 is 1.38 bits per heavy atom. The number of amides is 1. The van der Waals surface area contributed by atoms with Crippen LogP contribution < -0.4 is 11.1 Å². The number of carbonyl (C=O) groups excluding carboxylic acids is 1. The highest BCUT2D eigenvalue weighted by atomic mass is 16.1. The largest absolute Gasteiger partial charge is 0.368 e. The molecule has 16 heavy (non-hydrogen) atoms. The van der Waals surface area contributed by atoms with Crippen LogP contribution in [-0.4, -0.2) is 42.5 Å². The predicted octanol–water partition coefficient (Wildman–Crippen LogP) is 0.960. The average Bonchev–Trinajstić information content (AvgIpc) is 2.22. The third kappa shape index (κ3) is 6.08. The molecule has 0 aromatic rings. The fraction of sp³-hybridized carbons (Fsp3) is 0.917. The van der Waals surface area contributed by atoms with E-state index in [0.717, 1.165) is 32.5 Å². The molecule has 0 heterocycles. The van der Waals surface area contributed by atoms with E-state index in [1.165, 1.54) is 0 Å². The van der Waals surface area contributed by atoms with Crippen LogP contribution in [0.5, 0.6) is 0 Å². The summed E-state index contributed by atoms with van der Waals surface area (Å²) in [4.78, 5) is 13.6. The second-order valence-corrected chi connectivity index (χ2v) is 4.42. The van der Waals surface area contributed by atoms with Gasteiger partial charge >= 0.3 is 0 Å². The molecule has 0 radical (unpaired) electrons. The van der Waals surface area contributed by atoms with E-state index >= 15 is 0 Å². The van der Waals surface area contributed by atoms with Gasteiger partial charge in [0.1, 0.15) is 0 Å². The van der Waals surface area contributed by atoms with E-state index < -0.39 is 0 Å². The highest BCUT2D eigenvalue weighted by molar-refractivity contribution is 5.79. The summed E-state index contributed by atoms with van der Waals surface area (Å²) in [6, 6.07) is 0.331. The molecule has 0 rings (SSSR count). The van der Waals surface area contributed by atoms with Gasteiger partial charge in [0.05, 0.1) is 6.04 Å². The Hall–Kier alpha value is -0.610. The van der Waals surface area contributed by atoms with Crippen LogP contribution in [0, 0.1) is 0 Å². The van der Waals surface area contributed by atoms with Crippen molar-refractivity contribution in [2.24, 2.45) is 5.73 Å². The first kappa shape index (κ1) is 15.4. The Morgan fingerprint density at radius 2 is 2.00 bits per heavy atom. The topological polar surface area (TPSA) is 58.4 Å². The lowest BCUT2D eigenvalue weighted by atomic mass is 10.1. The van der Waals surface area contributed by atoms with Crippen LogP contribution in [0.4, 0.5) is 0 Å². The molecule has 0 aliphatic rings. The van der Waals surface area contributed by atoms with Crippen molar-refractivity contribution in [1.29, 1.82) is 0 Å². The minimum absolute atomic E-state index is 0.187. The Balaban J connectivity index is 4.04. The first-order chi connectivity index (χ1) is 7.52. The molecule has 1 amide bonds. The van der Waals surface area contributed by atoms with Crippen molar-refractivity contribution in [2.75, 3.05) is 19.6 Å². The Labute approximate surface area is 99.6 Å². The lowest BCUT2D eigenvalue weighted by Gasteiger charge is -2.26. The number of nitrogens with one attached hydrogen (secondary N) is 1. The van der Waals surface area contributed by atoms with Gasteiger partial charge in [-0.3, -0.25) is 4.79 Å². The van der Waals surface area contributed by atoms with Gasteiger partial charge in [0.15, 0.2) is 0 Å². The van der Waals surface area contributed by atoms with Crippen LogP contribution >= 0.6 is 0 Å². The summed E-state index contributed by atoms with van der Waals surface area (Å²) in [5, 5.41) is 3.19. The quantitative estimate of drug-likeness (QED) is 0.619. The van der Waals surface area contributed by atoms with Gasteiger partial charge in [-0.2, -0.15) is 0 Å². The fourth-order valence-corrected chi connectivity index (χ4v) is 1.74. The van der Waals surface area contributed by atoms with Crippen molar-refractivity contribution in [2.45, 2.75) is 52.6 Å². The molecule has 0 spiro atoms. The van der Waals surface area contributed by atoms with Gasteiger partial charge < -0.3 is 16.0 Å². The van der Waals surface area contributed by atoms with E-state index in [-0.39, 0.29) is 11.9 Å². The Kier molecular flexibility index (Phi) is 8.21. The summed E-state index contributed by atoms with van der Waals surface area (Å²) in [6.07, 6.45) is 1.81. The van der Waals surface area contributed by atoms with E-state index in [4.69, 9.17) is 5.73 Å². The summed E-state index contributed by atoms with van der Waals surface area (Å²) >= 11 is 0. The third-order valence-electron chi connectivity index (χ3n) is 2.83. The highest BCUT2D eigenvalue weighted by Gasteiger charge is 2.16. The lowest BCUT2D eigenvalue weighted by molar-refractivity contribution is -0.120. The molecule has 96 valence electrons. The monoisotopic (exact) mass is 229 g/mol. The summed E-state index contributed by atoms with van der Waals surface area (Å²) in [7, 11) is 0. The minimum Gasteiger partial charge on any atom is -0.368 e. The van der Waals surface area contributed by atoms with Crippen LogP contribution in [0.3, 0.4) is 0 Å². The molecule has 0 saturated heterocycles. The zero-order valence-electron chi connectivity index (χ0n) is 11.1. The summed E-state index contributed by atoms with van der Waals surface area (Å²) < 4.78 is 0. The van der Waals surface area contributed by atoms with Crippen LogP contribution in [0.15, 0.2) is 0 Å². The van der Waals surface area contributed by atoms with Gasteiger partial charge in [0.2, 0.25) is 5.91 Å². The number of nitrogens with two attached hydrogens (primary N) is 1. The standard InChI is InChI=1S/C12H27N3O/c1-5-8-14-11(12(13)16)7-9-15(6-2)10(3)4/h10-11,14H,5-9H2,1-4H3,(H2,13,16). The molecule has 4 heteroatoms. The second kappa shape index (κ2) is 8.53. The van der Waals surface area contributed by atoms with E-state index in [2.05, 4.69) is 37.9 Å². The van der Waals surface area contributed by atoms with Crippen molar-refractivity contribution < 1.29 is 4.79 Å². The highest BCUT2D eigenvalue weighted by Crippen LogP contribution is 2.01. The normalized spacial score (nSPS) is 13.4. The van der Waals surface area contributed by atoms with Gasteiger partial charge in [0.25, 0.3) is 0 Å². The van der Waals surface area contributed by atoms with Crippen molar-refractivity contribution in [3.05, 3.63) is 0 Å². The van der Waals surface area contributed by atoms with Crippen molar-refractivity contribution in [3.63, 3.8) is 0 Å². The van der Waals surface area contributed by atoms with Gasteiger partial charge in [-0.25, -0.2) is 0 Å². The van der Waals surface area contributed by atoms with E-state index in [1.807, 2.05) is 0 Å². The van der Waals surface area contributed by atoms with Crippen LogP contribution in [0.25, 0.3) is 0 Å². The molecular weight excluding hydrogens is 202 g/mol. The number of hydrogen-bond donors (Lipinski definition) is 2. The lowest BCUT2D eigenvalue weighted by Crippen LogP contribution is -2.44. The van der Waals surface area contributed by atoms with Crippen molar-refractivity contribution in [3.8, 4) is 0 Å². The van der Waals surface area contributed by atoms with E-state index in [0.29, 0.717) is 6.04 Å². The second-order valence-electron chi connectivity index (χ2n) is 4.42. The molecular formula is C12H27N3O. The number of hydrogen-bond acceptors (Lipinski definition) is 3. The molecule has 1 unspecified atom stereocenters. The van der Waals surface area contributed by atoms with Gasteiger partial charge in [0, 0.05) is 12.6 Å². The molecule has 4 nitrogen and oxygen atoms in total. The SMILES string of the molecule is CCCNC(CCN(CC)C(C)C)C(N)=O. The minimum atomic E-state index is -0.242. The Bertz CT molecular complexity index is 195. The van der Waals surface area contributed by atoms with Gasteiger partial charge in [-0.15, -0.1) is 0 Å². The first-order valence-corrected chi connectivity index (χ1v) is 6.29. The maximum Gasteiger partial charge on any atom is 0.234 e. The first-order valence-electron chi connectivity index (χ1n) is 6.29. The molecule has 0 fully saturated rings. The van der Waals surface area contributed by atoms with Crippen LogP contribution in [-0.2, 0) is 4.79 Å². The number of primary amides is 1. The maximum absolute atomic E-state index is 11.2. The molecule has 0 aliphatic heterocycles. The smallest absolute Gasteiger partial charge is 0.234 e. The van der Waals surface area contributed by atoms with E-state index in [1.54, 1.807) is 0 Å². The third-order valence-corrected chi connectivity index (χ3v) is 2.83. The summed E-state index contributed by atoms with van der Waals surface area (Å²) in [5.74, 6) is -0.242. The fourth-order valence-electron chi connectivity index (χ4n) is 1.74. The van der Waals surface area contributed by atoms with Crippen molar-refractivity contribution >= 4 is 5.91 Å². The van der Waals surface area contributed by atoms with Crippen LogP contribution in [0.1, 0.15) is 40.5 Å². The average molecular weight is 229 g/mol. The molecule has 0 aromatic carbocycles. The van der Waals surface area contributed by atoms with E-state index in [9.17, 15) is 4.79 Å².